The molecule has 0 radical (unpaired) electrons. The Balaban J connectivity index is 1.99. The van der Waals surface area contributed by atoms with Gasteiger partial charge < -0.3 is 43.4 Å². The van der Waals surface area contributed by atoms with Crippen LogP contribution in [0.5, 0.6) is 5.75 Å². The standard InChI is InChI=1S/C35H45N9O8/c36-19-5-4-9-29(42-31(46)28(37)21-23-11-17-27(45)18-12-23)33(48)43(35(49)52-22-24-7-2-1-3-8-24)30(10-6-20-40-34(38)39)32(47)41-25-13-15-26(16-14-25)44(50)51/h1-3,7-8,11-18,28-30,45H,4-6,9-10,19-22,36-37H2,(H,41,47)(H,42,46)(H4,38,39,40)/t28-,29-,30-/m0/s1. The maximum atomic E-state index is 14.5. The molecular weight excluding hydrogens is 674 g/mol. The fourth-order valence-corrected chi connectivity index (χ4v) is 5.10. The van der Waals surface area contributed by atoms with Crippen LogP contribution in [0.2, 0.25) is 0 Å². The summed E-state index contributed by atoms with van der Waals surface area (Å²) < 4.78 is 5.56. The van der Waals surface area contributed by atoms with Crippen molar-refractivity contribution in [2.45, 2.75) is 63.3 Å². The number of non-ortho nitro benzene ring substituents is 1. The molecule has 0 spiro atoms. The predicted octanol–water partition coefficient (Wildman–Crippen LogP) is 2.01. The number of nitro benzene ring substituents is 1. The number of nitro groups is 1. The monoisotopic (exact) mass is 719 g/mol. The van der Waals surface area contributed by atoms with E-state index < -0.39 is 46.9 Å². The van der Waals surface area contributed by atoms with Crippen molar-refractivity contribution in [3.05, 3.63) is 100 Å². The number of nitrogens with one attached hydrogen (secondary N) is 2. The summed E-state index contributed by atoms with van der Waals surface area (Å²) >= 11 is 0. The first kappa shape index (κ1) is 40.4. The van der Waals surface area contributed by atoms with E-state index in [1.54, 1.807) is 42.5 Å². The topological polar surface area (TPSA) is 285 Å². The Morgan fingerprint density at radius 3 is 2.17 bits per heavy atom. The minimum atomic E-state index is -1.51. The van der Waals surface area contributed by atoms with Gasteiger partial charge in [-0.2, -0.15) is 0 Å². The minimum absolute atomic E-state index is 0.0389. The molecule has 3 rings (SSSR count). The van der Waals surface area contributed by atoms with Gasteiger partial charge in [0.05, 0.1) is 11.0 Å². The van der Waals surface area contributed by atoms with Crippen LogP contribution in [-0.2, 0) is 32.1 Å². The number of phenols is 1. The lowest BCUT2D eigenvalue weighted by molar-refractivity contribution is -0.384. The number of nitrogens with zero attached hydrogens (tertiary/aromatic N) is 3. The zero-order chi connectivity index (χ0) is 38.0. The minimum Gasteiger partial charge on any atom is -0.508 e. The van der Waals surface area contributed by atoms with Crippen LogP contribution in [-0.4, -0.2) is 75.9 Å². The maximum absolute atomic E-state index is 14.5. The summed E-state index contributed by atoms with van der Waals surface area (Å²) in [5, 5.41) is 26.0. The van der Waals surface area contributed by atoms with E-state index in [1.807, 2.05) is 0 Å². The van der Waals surface area contributed by atoms with Crippen molar-refractivity contribution >= 4 is 41.1 Å². The lowest BCUT2D eigenvalue weighted by Gasteiger charge is -2.32. The van der Waals surface area contributed by atoms with Crippen LogP contribution in [0.3, 0.4) is 0 Å². The molecule has 0 heterocycles. The average molecular weight is 720 g/mol. The Kier molecular flexibility index (Phi) is 16.0. The molecule has 0 fully saturated rings. The van der Waals surface area contributed by atoms with Gasteiger partial charge in [0, 0.05) is 24.4 Å². The van der Waals surface area contributed by atoms with Gasteiger partial charge in [0.25, 0.3) is 11.6 Å². The summed E-state index contributed by atoms with van der Waals surface area (Å²) in [5.74, 6) is -2.62. The van der Waals surface area contributed by atoms with E-state index in [9.17, 15) is 34.4 Å². The fraction of sp³-hybridized carbons (Fsp3) is 0.343. The molecule has 3 atom stereocenters. The summed E-state index contributed by atoms with van der Waals surface area (Å²) in [5.41, 5.74) is 24.1. The van der Waals surface area contributed by atoms with Gasteiger partial charge in [0.15, 0.2) is 5.96 Å². The number of rotatable bonds is 19. The molecule has 0 aromatic heterocycles. The number of carbonyl (C=O) groups is 4. The smallest absolute Gasteiger partial charge is 0.417 e. The Hall–Kier alpha value is -6.07. The number of phenolic OH excluding ortho intramolecular Hbond substituents is 1. The van der Waals surface area contributed by atoms with Crippen molar-refractivity contribution < 1.29 is 33.9 Å². The summed E-state index contributed by atoms with van der Waals surface area (Å²) in [7, 11) is 0. The lowest BCUT2D eigenvalue weighted by atomic mass is 10.0. The molecule has 0 saturated heterocycles. The number of aromatic hydroxyl groups is 1. The van der Waals surface area contributed by atoms with Crippen LogP contribution in [0, 0.1) is 10.1 Å². The molecule has 0 aliphatic carbocycles. The van der Waals surface area contributed by atoms with Crippen LogP contribution in [0.15, 0.2) is 83.9 Å². The molecule has 4 amide bonds. The molecule has 52 heavy (non-hydrogen) atoms. The van der Waals surface area contributed by atoms with Crippen molar-refractivity contribution in [3.63, 3.8) is 0 Å². The van der Waals surface area contributed by atoms with E-state index in [-0.39, 0.29) is 61.9 Å². The van der Waals surface area contributed by atoms with Gasteiger partial charge in [-0.3, -0.25) is 29.5 Å². The number of imide groups is 1. The van der Waals surface area contributed by atoms with E-state index in [2.05, 4.69) is 15.6 Å². The first-order valence-corrected chi connectivity index (χ1v) is 16.6. The highest BCUT2D eigenvalue weighted by Gasteiger charge is 2.40. The number of aliphatic imine (C=N–C) groups is 1. The van der Waals surface area contributed by atoms with E-state index in [0.29, 0.717) is 35.4 Å². The number of anilines is 1. The molecule has 3 aromatic rings. The first-order valence-electron chi connectivity index (χ1n) is 16.6. The summed E-state index contributed by atoms with van der Waals surface area (Å²) in [4.78, 5) is 70.9. The number of nitrogens with two attached hydrogens (primary N) is 4. The van der Waals surface area contributed by atoms with E-state index in [4.69, 9.17) is 27.7 Å². The Morgan fingerprint density at radius 1 is 0.885 bits per heavy atom. The molecule has 17 nitrogen and oxygen atoms in total. The number of guanidine groups is 1. The van der Waals surface area contributed by atoms with Crippen molar-refractivity contribution in [2.75, 3.05) is 18.4 Å². The predicted molar refractivity (Wildman–Crippen MR) is 194 cm³/mol. The van der Waals surface area contributed by atoms with Crippen LogP contribution >= 0.6 is 0 Å². The second-order valence-electron chi connectivity index (χ2n) is 11.8. The molecule has 0 unspecified atom stereocenters. The molecule has 3 aromatic carbocycles. The Bertz CT molecular complexity index is 1670. The third-order valence-electron chi connectivity index (χ3n) is 7.82. The van der Waals surface area contributed by atoms with E-state index in [1.165, 1.54) is 36.4 Å². The van der Waals surface area contributed by atoms with Crippen molar-refractivity contribution in [3.8, 4) is 5.75 Å². The maximum Gasteiger partial charge on any atom is 0.417 e. The largest absolute Gasteiger partial charge is 0.508 e. The zero-order valence-corrected chi connectivity index (χ0v) is 28.6. The molecule has 0 saturated carbocycles. The van der Waals surface area contributed by atoms with E-state index in [0.717, 1.165) is 0 Å². The van der Waals surface area contributed by atoms with Gasteiger partial charge in [0.2, 0.25) is 11.8 Å². The second kappa shape index (κ2) is 20.6. The van der Waals surface area contributed by atoms with Gasteiger partial charge in [-0.05, 0) is 80.5 Å². The van der Waals surface area contributed by atoms with Gasteiger partial charge in [0.1, 0.15) is 24.4 Å². The second-order valence-corrected chi connectivity index (χ2v) is 11.8. The highest BCUT2D eigenvalue weighted by atomic mass is 16.6. The Morgan fingerprint density at radius 2 is 1.56 bits per heavy atom. The first-order chi connectivity index (χ1) is 24.9. The fourth-order valence-electron chi connectivity index (χ4n) is 5.10. The number of hydrogen-bond donors (Lipinski definition) is 7. The average Bonchev–Trinajstić information content (AvgIpc) is 3.12. The summed E-state index contributed by atoms with van der Waals surface area (Å²) in [6.45, 7) is 0.104. The highest BCUT2D eigenvalue weighted by molar-refractivity contribution is 6.04. The van der Waals surface area contributed by atoms with Crippen LogP contribution in [0.25, 0.3) is 0 Å². The van der Waals surface area contributed by atoms with Crippen LogP contribution in [0.1, 0.15) is 43.2 Å². The zero-order valence-electron chi connectivity index (χ0n) is 28.6. The number of carbonyl (C=O) groups excluding carboxylic acids is 4. The third kappa shape index (κ3) is 13.0. The molecule has 0 aliphatic rings. The normalized spacial score (nSPS) is 12.4. The Labute approximate surface area is 300 Å². The quantitative estimate of drug-likeness (QED) is 0.0308. The van der Waals surface area contributed by atoms with Crippen molar-refractivity contribution in [1.29, 1.82) is 0 Å². The molecule has 0 aliphatic heterocycles. The van der Waals surface area contributed by atoms with Gasteiger partial charge >= 0.3 is 6.09 Å². The van der Waals surface area contributed by atoms with E-state index >= 15 is 0 Å². The number of benzene rings is 3. The number of amides is 4. The molecule has 0 bridgehead atoms. The lowest BCUT2D eigenvalue weighted by Crippen LogP contribution is -2.58. The number of hydrogen-bond acceptors (Lipinski definition) is 11. The third-order valence-corrected chi connectivity index (χ3v) is 7.82. The highest BCUT2D eigenvalue weighted by Crippen LogP contribution is 2.20. The number of ether oxygens (including phenoxy) is 1. The van der Waals surface area contributed by atoms with Gasteiger partial charge in [-0.15, -0.1) is 0 Å². The molecule has 17 heteroatoms. The van der Waals surface area contributed by atoms with Gasteiger partial charge in [-0.1, -0.05) is 42.5 Å². The number of unbranched alkanes of at least 4 members (excludes halogenated alkanes) is 1. The summed E-state index contributed by atoms with van der Waals surface area (Å²) in [6, 6.07) is 15.8. The van der Waals surface area contributed by atoms with Crippen molar-refractivity contribution in [1.82, 2.24) is 10.2 Å². The van der Waals surface area contributed by atoms with Crippen LogP contribution < -0.4 is 33.6 Å². The molecular formula is C35H45N9O8. The molecule has 11 N–H and O–H groups in total. The van der Waals surface area contributed by atoms with Gasteiger partial charge in [-0.25, -0.2) is 9.69 Å². The van der Waals surface area contributed by atoms with Crippen LogP contribution in [0.4, 0.5) is 16.2 Å². The van der Waals surface area contributed by atoms with Crippen molar-refractivity contribution in [2.24, 2.45) is 27.9 Å². The summed E-state index contributed by atoms with van der Waals surface area (Å²) in [6.07, 6.45) is -0.187. The SMILES string of the molecule is NCCCC[C@H](NC(=O)[C@@H](N)Cc1ccc(O)cc1)C(=O)N(C(=O)OCc1ccccc1)[C@@H](CCCN=C(N)N)C(=O)Nc1ccc([N+](=O)[O-])cc1. The molecule has 278 valence electrons.